The highest BCUT2D eigenvalue weighted by Crippen LogP contribution is 2.42. The number of fused-ring (bicyclic) bond motifs is 1. The van der Waals surface area contributed by atoms with E-state index in [9.17, 15) is 34.2 Å². The lowest BCUT2D eigenvalue weighted by atomic mass is 10.00. The van der Waals surface area contributed by atoms with Gasteiger partial charge in [0.2, 0.25) is 17.0 Å². The smallest absolute Gasteiger partial charge is 0.352 e. The summed E-state index contributed by atoms with van der Waals surface area (Å²) in [6.45, 7) is 2.18. The van der Waals surface area contributed by atoms with Crippen molar-refractivity contribution in [3.63, 3.8) is 0 Å². The molecule has 246 valence electrons. The first-order valence-corrected chi connectivity index (χ1v) is 15.9. The minimum atomic E-state index is -1.59. The van der Waals surface area contributed by atoms with Crippen LogP contribution in [0, 0.1) is 0 Å². The normalized spacial score (nSPS) is 18.0. The van der Waals surface area contributed by atoms with E-state index in [-0.39, 0.29) is 40.2 Å². The number of nitrogens with zero attached hydrogens (tertiary/aromatic N) is 7. The lowest BCUT2D eigenvalue weighted by Gasteiger charge is -2.49. The fourth-order valence-electron chi connectivity index (χ4n) is 4.90. The van der Waals surface area contributed by atoms with Gasteiger partial charge < -0.3 is 26.6 Å². The predicted octanol–water partition coefficient (Wildman–Crippen LogP) is 0.144. The number of H-pyrrole nitrogens is 1. The molecule has 0 saturated carbocycles. The van der Waals surface area contributed by atoms with Crippen molar-refractivity contribution in [3.05, 3.63) is 69.8 Å². The van der Waals surface area contributed by atoms with E-state index in [1.165, 1.54) is 52.5 Å². The van der Waals surface area contributed by atoms with Gasteiger partial charge in [0, 0.05) is 25.1 Å². The number of nitrogens with one attached hydrogen (secondary N) is 3. The maximum Gasteiger partial charge on any atom is 0.352 e. The lowest BCUT2D eigenvalue weighted by Crippen LogP contribution is -2.71. The van der Waals surface area contributed by atoms with Crippen molar-refractivity contribution < 1.29 is 29.4 Å². The van der Waals surface area contributed by atoms with Gasteiger partial charge in [-0.3, -0.25) is 29.2 Å². The number of phenols is 1. The van der Waals surface area contributed by atoms with Crippen LogP contribution in [0.25, 0.3) is 0 Å². The number of aromatic nitrogens is 6. The number of carboxylic acids is 1. The van der Waals surface area contributed by atoms with Gasteiger partial charge >= 0.3 is 12.0 Å². The zero-order chi connectivity index (χ0) is 33.8. The van der Waals surface area contributed by atoms with Crippen LogP contribution in [0.2, 0.25) is 0 Å². The molecule has 0 aliphatic carbocycles. The molecular weight excluding hydrogens is 655 g/mol. The minimum Gasteiger partial charge on any atom is -0.508 e. The number of urea groups is 1. The molecule has 2 unspecified atom stereocenters. The molecule has 20 heteroatoms. The summed E-state index contributed by atoms with van der Waals surface area (Å²) in [5.41, 5.74) is 5.01. The fourth-order valence-corrected chi connectivity index (χ4v) is 7.24. The number of hydrogen-bond acceptors (Lipinski definition) is 13. The van der Waals surface area contributed by atoms with Crippen LogP contribution in [0.15, 0.2) is 63.8 Å². The molecule has 4 heterocycles. The zero-order valence-corrected chi connectivity index (χ0v) is 26.5. The Morgan fingerprint density at radius 1 is 1.28 bits per heavy atom. The number of amides is 4. The number of carboxylic acid groups (broad SMARTS) is 1. The van der Waals surface area contributed by atoms with Gasteiger partial charge in [-0.25, -0.2) is 19.3 Å². The van der Waals surface area contributed by atoms with Crippen LogP contribution in [0.4, 0.5) is 16.4 Å². The number of phenolic OH excluding ortho intramolecular Hbond substituents is 1. The van der Waals surface area contributed by atoms with Crippen molar-refractivity contribution in [1.82, 2.24) is 40.4 Å². The molecular formula is C27H29N11O7S2. The highest BCUT2D eigenvalue weighted by atomic mass is 32.2. The summed E-state index contributed by atoms with van der Waals surface area (Å²) in [7, 11) is 1.64. The molecule has 0 spiro atoms. The number of carbonyl (C=O) groups excluding carboxylic acids is 3. The average molecular weight is 684 g/mol. The second-order valence-corrected chi connectivity index (χ2v) is 12.2. The first-order valence-electron chi connectivity index (χ1n) is 13.9. The molecule has 47 heavy (non-hydrogen) atoms. The van der Waals surface area contributed by atoms with Gasteiger partial charge in [0.15, 0.2) is 0 Å². The number of aromatic hydroxyl groups is 1. The number of thioether (sulfide) groups is 2. The number of rotatable bonds is 12. The summed E-state index contributed by atoms with van der Waals surface area (Å²) < 4.78 is 1.44. The first-order chi connectivity index (χ1) is 22.5. The maximum atomic E-state index is 14.0. The Morgan fingerprint density at radius 3 is 2.64 bits per heavy atom. The summed E-state index contributed by atoms with van der Waals surface area (Å²) in [5, 5.41) is 36.3. The third-order valence-electron chi connectivity index (χ3n) is 7.12. The molecule has 2 aromatic heterocycles. The highest BCUT2D eigenvalue weighted by Gasteiger charge is 2.55. The number of anilines is 2. The number of aliphatic carboxylic acids is 1. The van der Waals surface area contributed by atoms with Gasteiger partial charge in [-0.2, -0.15) is 0 Å². The molecule has 2 aliphatic heterocycles. The number of aryl methyl sites for hydroxylation is 1. The van der Waals surface area contributed by atoms with E-state index in [1.807, 2.05) is 6.92 Å². The molecule has 1 aromatic carbocycles. The maximum absolute atomic E-state index is 14.0. The molecule has 3 atom stereocenters. The van der Waals surface area contributed by atoms with Crippen molar-refractivity contribution in [2.75, 3.05) is 28.3 Å². The molecule has 1 saturated heterocycles. The number of allylic oxidation sites excluding steroid dienone is 1. The zero-order valence-electron chi connectivity index (χ0n) is 24.9. The van der Waals surface area contributed by atoms with E-state index in [2.05, 4.69) is 36.1 Å². The molecule has 18 nitrogen and oxygen atoms in total. The monoisotopic (exact) mass is 683 g/mol. The molecule has 0 radical (unpaired) electrons. The summed E-state index contributed by atoms with van der Waals surface area (Å²) in [6.07, 6.45) is 4.66. The number of primary amides is 1. The molecule has 7 N–H and O–H groups in total. The third kappa shape index (κ3) is 6.77. The largest absolute Gasteiger partial charge is 0.508 e. The second kappa shape index (κ2) is 14.0. The molecule has 1 fully saturated rings. The van der Waals surface area contributed by atoms with Gasteiger partial charge in [-0.1, -0.05) is 36.0 Å². The minimum absolute atomic E-state index is 0.106. The first kappa shape index (κ1) is 33.0. The van der Waals surface area contributed by atoms with Crippen LogP contribution in [0.1, 0.15) is 18.5 Å². The van der Waals surface area contributed by atoms with Crippen molar-refractivity contribution in [1.29, 1.82) is 0 Å². The van der Waals surface area contributed by atoms with E-state index < -0.39 is 46.8 Å². The Labute approximate surface area is 274 Å². The second-order valence-electron chi connectivity index (χ2n) is 10.1. The quantitative estimate of drug-likeness (QED) is 0.0844. The Balaban J connectivity index is 1.41. The topological polar surface area (TPSA) is 255 Å². The van der Waals surface area contributed by atoms with E-state index in [0.29, 0.717) is 17.3 Å². The molecule has 4 amide bonds. The standard InChI is InChI=1S/C27H29N11O7S2/c1-3-4-9-29-26-30-10-16(20(40)32-26)37(25(28)45)18(13-5-7-15(39)8-6-13)21(41)31-17-22(42)38-19(24(43)44)14(11-46-23(17)38)12-47-27-33-34-35-36(27)2/h3-8,10,17-18,23,39H,9,11-12H2,1-2H3,(H2,28,45)(H,31,41)(H,43,44)(H2,29,30,32,40)/t17?,18?,23-/m0/s1. The van der Waals surface area contributed by atoms with E-state index in [0.717, 1.165) is 16.0 Å². The van der Waals surface area contributed by atoms with Crippen molar-refractivity contribution >= 4 is 59.0 Å². The molecule has 2 aliphatic rings. The van der Waals surface area contributed by atoms with Crippen LogP contribution in [0.5, 0.6) is 5.75 Å². The van der Waals surface area contributed by atoms with Gasteiger partial charge in [0.25, 0.3) is 11.5 Å². The Hall–Kier alpha value is -5.37. The number of nitrogens with two attached hydrogens (primary N) is 1. The molecule has 0 bridgehead atoms. The van der Waals surface area contributed by atoms with Crippen molar-refractivity contribution in [2.24, 2.45) is 12.8 Å². The van der Waals surface area contributed by atoms with E-state index >= 15 is 0 Å². The summed E-state index contributed by atoms with van der Waals surface area (Å²) in [6, 6.07) is 1.34. The average Bonchev–Trinajstić information content (AvgIpc) is 3.46. The number of aromatic amines is 1. The predicted molar refractivity (Wildman–Crippen MR) is 170 cm³/mol. The highest BCUT2D eigenvalue weighted by molar-refractivity contribution is 8.01. The third-order valence-corrected chi connectivity index (χ3v) is 9.56. The number of carbonyl (C=O) groups is 4. The van der Waals surface area contributed by atoms with Crippen LogP contribution in [0.3, 0.4) is 0 Å². The summed E-state index contributed by atoms with van der Waals surface area (Å²) in [4.78, 5) is 74.1. The van der Waals surface area contributed by atoms with Crippen LogP contribution in [-0.2, 0) is 21.4 Å². The number of hydrogen-bond donors (Lipinski definition) is 6. The van der Waals surface area contributed by atoms with Crippen LogP contribution in [-0.4, -0.2) is 98.6 Å². The van der Waals surface area contributed by atoms with Gasteiger partial charge in [-0.05, 0) is 40.6 Å². The number of tetrazole rings is 1. The number of benzene rings is 1. The summed E-state index contributed by atoms with van der Waals surface area (Å²) >= 11 is 2.46. The Bertz CT molecular complexity index is 1830. The fraction of sp³-hybridized carbons (Fsp3) is 0.296. The van der Waals surface area contributed by atoms with Gasteiger partial charge in [-0.15, -0.1) is 16.9 Å². The molecule has 5 rings (SSSR count). The van der Waals surface area contributed by atoms with Crippen LogP contribution >= 0.6 is 23.5 Å². The summed E-state index contributed by atoms with van der Waals surface area (Å²) in [5.74, 6) is -2.45. The van der Waals surface area contributed by atoms with Crippen molar-refractivity contribution in [2.45, 2.75) is 29.5 Å². The lowest BCUT2D eigenvalue weighted by molar-refractivity contribution is -0.150. The van der Waals surface area contributed by atoms with E-state index in [1.54, 1.807) is 19.2 Å². The SMILES string of the molecule is CC=CCNc1ncc(N(C(N)=O)C(C(=O)NC2C(=O)N3C(C(=O)O)=C(CSc4nnnn4C)CS[C@@H]23)c2ccc(O)cc2)c(=O)[nH]1. The van der Waals surface area contributed by atoms with E-state index in [4.69, 9.17) is 5.73 Å². The Kier molecular flexibility index (Phi) is 9.80. The van der Waals surface area contributed by atoms with Crippen molar-refractivity contribution in [3.8, 4) is 5.75 Å². The Morgan fingerprint density at radius 2 is 2.02 bits per heavy atom. The van der Waals surface area contributed by atoms with Gasteiger partial charge in [0.05, 0.1) is 6.20 Å². The number of β-lactam (4-membered cyclic amide) rings is 1. The molecule has 3 aromatic rings. The van der Waals surface area contributed by atoms with Crippen LogP contribution < -0.4 is 26.8 Å². The van der Waals surface area contributed by atoms with Gasteiger partial charge in [0.1, 0.15) is 34.6 Å².